The molecule has 3 aliphatic rings. The molecule has 4 nitrogen and oxygen atoms in total. The van der Waals surface area contributed by atoms with Gasteiger partial charge in [-0.25, -0.2) is 0 Å². The fourth-order valence-corrected chi connectivity index (χ4v) is 4.87. The Morgan fingerprint density at radius 2 is 1.61 bits per heavy atom. The number of ether oxygens (including phenoxy) is 1. The van der Waals surface area contributed by atoms with Gasteiger partial charge < -0.3 is 14.5 Å². The van der Waals surface area contributed by atoms with Crippen molar-refractivity contribution in [1.29, 1.82) is 0 Å². The third-order valence-electron chi connectivity index (χ3n) is 6.44. The number of benzene rings is 2. The van der Waals surface area contributed by atoms with Crippen LogP contribution in [0.2, 0.25) is 0 Å². The van der Waals surface area contributed by atoms with Crippen LogP contribution in [0.5, 0.6) is 0 Å². The molecule has 28 heavy (non-hydrogen) atoms. The molecule has 1 saturated carbocycles. The van der Waals surface area contributed by atoms with Crippen molar-refractivity contribution in [2.24, 2.45) is 0 Å². The van der Waals surface area contributed by atoms with E-state index in [0.717, 1.165) is 57.4 Å². The Labute approximate surface area is 167 Å². The van der Waals surface area contributed by atoms with Crippen molar-refractivity contribution < 1.29 is 9.53 Å². The lowest BCUT2D eigenvalue weighted by molar-refractivity contribution is -0.173. The molecule has 1 aliphatic carbocycles. The molecule has 2 heterocycles. The number of likely N-dealkylation sites (tertiary alicyclic amines) is 1. The van der Waals surface area contributed by atoms with Crippen LogP contribution in [-0.4, -0.2) is 48.2 Å². The Balaban J connectivity index is 1.34. The first-order valence-electron chi connectivity index (χ1n) is 10.5. The first-order chi connectivity index (χ1) is 13.7. The standard InChI is InChI=1S/C24H28N2O2/c27-22-24(14-15-24)28-23(19-26(22)21-10-5-2-6-11-21)13-7-16-25(18-23)17-12-20-8-3-1-4-9-20/h1-6,8-11H,7,12-19H2. The van der Waals surface area contributed by atoms with Crippen LogP contribution < -0.4 is 4.90 Å². The number of hydrogen-bond acceptors (Lipinski definition) is 3. The van der Waals surface area contributed by atoms with Crippen LogP contribution in [0.3, 0.4) is 0 Å². The Hall–Kier alpha value is -2.17. The molecule has 1 amide bonds. The van der Waals surface area contributed by atoms with Crippen molar-refractivity contribution in [1.82, 2.24) is 4.90 Å². The van der Waals surface area contributed by atoms with E-state index in [1.807, 2.05) is 35.2 Å². The molecule has 0 N–H and O–H groups in total. The van der Waals surface area contributed by atoms with E-state index < -0.39 is 5.60 Å². The molecular formula is C24H28N2O2. The highest BCUT2D eigenvalue weighted by atomic mass is 16.5. The monoisotopic (exact) mass is 376 g/mol. The fraction of sp³-hybridized carbons (Fsp3) is 0.458. The van der Waals surface area contributed by atoms with Crippen molar-refractivity contribution in [3.8, 4) is 0 Å². The SMILES string of the molecule is O=C1N(c2ccccc2)CC2(CCCN(CCc3ccccc3)C2)OC12CC2. The zero-order chi connectivity index (χ0) is 19.0. The zero-order valence-corrected chi connectivity index (χ0v) is 16.3. The maximum Gasteiger partial charge on any atom is 0.259 e. The third-order valence-corrected chi connectivity index (χ3v) is 6.44. The first kappa shape index (κ1) is 17.9. The summed E-state index contributed by atoms with van der Waals surface area (Å²) in [7, 11) is 0. The van der Waals surface area contributed by atoms with Crippen molar-refractivity contribution in [3.63, 3.8) is 0 Å². The number of carbonyl (C=O) groups is 1. The van der Waals surface area contributed by atoms with Gasteiger partial charge in [0, 0.05) is 18.8 Å². The van der Waals surface area contributed by atoms with E-state index in [-0.39, 0.29) is 11.5 Å². The second-order valence-corrected chi connectivity index (χ2v) is 8.62. The van der Waals surface area contributed by atoms with E-state index >= 15 is 0 Å². The molecule has 2 aromatic rings. The number of amides is 1. The summed E-state index contributed by atoms with van der Waals surface area (Å²) in [5.74, 6) is 0.158. The van der Waals surface area contributed by atoms with Crippen LogP contribution in [0, 0.1) is 0 Å². The van der Waals surface area contributed by atoms with E-state index in [1.54, 1.807) is 0 Å². The first-order valence-corrected chi connectivity index (χ1v) is 10.5. The molecular weight excluding hydrogens is 348 g/mol. The lowest BCUT2D eigenvalue weighted by Crippen LogP contribution is -2.65. The maximum atomic E-state index is 13.1. The summed E-state index contributed by atoms with van der Waals surface area (Å²) in [5.41, 5.74) is 1.58. The molecule has 2 aliphatic heterocycles. The van der Waals surface area contributed by atoms with Crippen LogP contribution in [0.15, 0.2) is 60.7 Å². The lowest BCUT2D eigenvalue weighted by atomic mass is 9.88. The Morgan fingerprint density at radius 3 is 2.32 bits per heavy atom. The van der Waals surface area contributed by atoms with Crippen LogP contribution in [-0.2, 0) is 16.0 Å². The van der Waals surface area contributed by atoms with Crippen LogP contribution in [0.25, 0.3) is 0 Å². The van der Waals surface area contributed by atoms with Crippen LogP contribution in [0.1, 0.15) is 31.2 Å². The minimum atomic E-state index is -0.559. The van der Waals surface area contributed by atoms with Gasteiger partial charge in [-0.05, 0) is 56.3 Å². The van der Waals surface area contributed by atoms with Gasteiger partial charge in [0.2, 0.25) is 0 Å². The summed E-state index contributed by atoms with van der Waals surface area (Å²) in [5, 5.41) is 0. The predicted octanol–water partition coefficient (Wildman–Crippen LogP) is 3.66. The number of carbonyl (C=O) groups excluding carboxylic acids is 1. The molecule has 0 radical (unpaired) electrons. The van der Waals surface area contributed by atoms with Gasteiger partial charge in [-0.15, -0.1) is 0 Å². The summed E-state index contributed by atoms with van der Waals surface area (Å²) in [6, 6.07) is 20.8. The number of hydrogen-bond donors (Lipinski definition) is 0. The molecule has 146 valence electrons. The predicted molar refractivity (Wildman–Crippen MR) is 110 cm³/mol. The summed E-state index contributed by atoms with van der Waals surface area (Å²) >= 11 is 0. The number of anilines is 1. The van der Waals surface area contributed by atoms with E-state index in [0.29, 0.717) is 6.54 Å². The smallest absolute Gasteiger partial charge is 0.259 e. The van der Waals surface area contributed by atoms with Crippen molar-refractivity contribution >= 4 is 11.6 Å². The highest BCUT2D eigenvalue weighted by Crippen LogP contribution is 2.50. The van der Waals surface area contributed by atoms with Crippen LogP contribution in [0.4, 0.5) is 5.69 Å². The summed E-state index contributed by atoms with van der Waals surface area (Å²) in [4.78, 5) is 17.6. The zero-order valence-electron chi connectivity index (χ0n) is 16.3. The van der Waals surface area contributed by atoms with E-state index in [4.69, 9.17) is 4.74 Å². The molecule has 0 aromatic heterocycles. The number of nitrogens with zero attached hydrogens (tertiary/aromatic N) is 2. The number of para-hydroxylation sites is 1. The largest absolute Gasteiger partial charge is 0.355 e. The summed E-state index contributed by atoms with van der Waals surface area (Å²) < 4.78 is 6.63. The topological polar surface area (TPSA) is 32.8 Å². The minimum Gasteiger partial charge on any atom is -0.355 e. The van der Waals surface area contributed by atoms with Crippen LogP contribution >= 0.6 is 0 Å². The maximum absolute atomic E-state index is 13.1. The van der Waals surface area contributed by atoms with Gasteiger partial charge in [0.25, 0.3) is 5.91 Å². The number of piperidine rings is 1. The molecule has 2 aromatic carbocycles. The average Bonchev–Trinajstić information content (AvgIpc) is 3.51. The van der Waals surface area contributed by atoms with Crippen molar-refractivity contribution in [3.05, 3.63) is 66.2 Å². The molecule has 2 spiro atoms. The summed E-state index contributed by atoms with van der Waals surface area (Å²) in [6.45, 7) is 3.74. The second-order valence-electron chi connectivity index (χ2n) is 8.62. The Morgan fingerprint density at radius 1 is 0.893 bits per heavy atom. The Kier molecular flexibility index (Phi) is 4.48. The molecule has 2 saturated heterocycles. The average molecular weight is 377 g/mol. The second kappa shape index (κ2) is 7.02. The lowest BCUT2D eigenvalue weighted by Gasteiger charge is -2.50. The number of rotatable bonds is 4. The van der Waals surface area contributed by atoms with E-state index in [2.05, 4.69) is 35.2 Å². The van der Waals surface area contributed by atoms with Gasteiger partial charge in [-0.3, -0.25) is 4.79 Å². The molecule has 0 bridgehead atoms. The van der Waals surface area contributed by atoms with E-state index in [1.165, 1.54) is 5.56 Å². The quantitative estimate of drug-likeness (QED) is 0.816. The molecule has 3 fully saturated rings. The minimum absolute atomic E-state index is 0.158. The van der Waals surface area contributed by atoms with Gasteiger partial charge in [0.1, 0.15) is 11.2 Å². The molecule has 1 atom stereocenters. The highest BCUT2D eigenvalue weighted by molar-refractivity contribution is 6.02. The normalized spacial score (nSPS) is 26.7. The molecule has 4 heteroatoms. The number of morpholine rings is 1. The van der Waals surface area contributed by atoms with Gasteiger partial charge in [0.05, 0.1) is 6.54 Å². The van der Waals surface area contributed by atoms with Gasteiger partial charge in [-0.1, -0.05) is 48.5 Å². The molecule has 5 rings (SSSR count). The van der Waals surface area contributed by atoms with E-state index in [9.17, 15) is 4.79 Å². The van der Waals surface area contributed by atoms with Gasteiger partial charge in [0.15, 0.2) is 0 Å². The van der Waals surface area contributed by atoms with Gasteiger partial charge in [-0.2, -0.15) is 0 Å². The van der Waals surface area contributed by atoms with Crippen molar-refractivity contribution in [2.75, 3.05) is 31.1 Å². The summed E-state index contributed by atoms with van der Waals surface area (Å²) in [6.07, 6.45) is 4.94. The van der Waals surface area contributed by atoms with Gasteiger partial charge >= 0.3 is 0 Å². The van der Waals surface area contributed by atoms with Crippen molar-refractivity contribution in [2.45, 2.75) is 43.3 Å². The highest BCUT2D eigenvalue weighted by Gasteiger charge is 2.62. The fourth-order valence-electron chi connectivity index (χ4n) is 4.87. The molecule has 1 unspecified atom stereocenters. The third kappa shape index (κ3) is 3.36. The Bertz CT molecular complexity index is 834.